The Bertz CT molecular complexity index is 142. The average molecular weight is 192 g/mol. The maximum absolute atomic E-state index is 9.68. The van der Waals surface area contributed by atoms with E-state index >= 15 is 0 Å². The van der Waals surface area contributed by atoms with E-state index in [4.69, 9.17) is 0 Å². The SMILES string of the molecule is O=[N+]([O-])C/C=C/C=C/Br. The Morgan fingerprint density at radius 2 is 2.22 bits per heavy atom. The molecule has 3 nitrogen and oxygen atoms in total. The van der Waals surface area contributed by atoms with Crippen LogP contribution in [0.1, 0.15) is 0 Å². The predicted octanol–water partition coefficient (Wildman–Crippen LogP) is 1.73. The number of hydrogen-bond donors (Lipinski definition) is 0. The van der Waals surface area contributed by atoms with E-state index in [0.29, 0.717) is 0 Å². The first-order valence-electron chi connectivity index (χ1n) is 2.31. The lowest BCUT2D eigenvalue weighted by molar-refractivity contribution is -0.468. The van der Waals surface area contributed by atoms with Gasteiger partial charge in [0.15, 0.2) is 0 Å². The average Bonchev–Trinajstić information content (AvgIpc) is 1.80. The quantitative estimate of drug-likeness (QED) is 0.388. The first-order valence-corrected chi connectivity index (χ1v) is 3.22. The van der Waals surface area contributed by atoms with Gasteiger partial charge < -0.3 is 0 Å². The molecule has 0 aliphatic carbocycles. The maximum atomic E-state index is 9.68. The van der Waals surface area contributed by atoms with E-state index in [1.54, 1.807) is 17.1 Å². The van der Waals surface area contributed by atoms with Crippen molar-refractivity contribution in [3.63, 3.8) is 0 Å². The van der Waals surface area contributed by atoms with E-state index in [9.17, 15) is 10.1 Å². The summed E-state index contributed by atoms with van der Waals surface area (Å²) in [5.41, 5.74) is 0. The molecule has 0 unspecified atom stereocenters. The monoisotopic (exact) mass is 191 g/mol. The summed E-state index contributed by atoms with van der Waals surface area (Å²) in [4.78, 5) is 10.9. The molecule has 0 radical (unpaired) electrons. The molecule has 9 heavy (non-hydrogen) atoms. The molecule has 50 valence electrons. The zero-order chi connectivity index (χ0) is 7.11. The second-order valence-electron chi connectivity index (χ2n) is 1.26. The minimum absolute atomic E-state index is 0.114. The fourth-order valence-corrected chi connectivity index (χ4v) is 0.444. The van der Waals surface area contributed by atoms with Crippen LogP contribution >= 0.6 is 15.9 Å². The van der Waals surface area contributed by atoms with Crippen LogP contribution in [-0.2, 0) is 0 Å². The summed E-state index contributed by atoms with van der Waals surface area (Å²) in [6.07, 6.45) is 4.75. The summed E-state index contributed by atoms with van der Waals surface area (Å²) in [6.45, 7) is -0.114. The predicted molar refractivity (Wildman–Crippen MR) is 39.1 cm³/mol. The van der Waals surface area contributed by atoms with Gasteiger partial charge in [-0.3, -0.25) is 10.1 Å². The van der Waals surface area contributed by atoms with Crippen molar-refractivity contribution in [2.24, 2.45) is 0 Å². The summed E-state index contributed by atoms with van der Waals surface area (Å²) >= 11 is 3.01. The second kappa shape index (κ2) is 5.50. The van der Waals surface area contributed by atoms with Gasteiger partial charge in [-0.1, -0.05) is 28.1 Å². The Morgan fingerprint density at radius 1 is 1.56 bits per heavy atom. The third-order valence-corrected chi connectivity index (χ3v) is 0.880. The van der Waals surface area contributed by atoms with Crippen molar-refractivity contribution in [2.45, 2.75) is 0 Å². The Balaban J connectivity index is 3.36. The van der Waals surface area contributed by atoms with Crippen LogP contribution in [0.4, 0.5) is 0 Å². The number of halogens is 1. The summed E-state index contributed by atoms with van der Waals surface area (Å²) in [5, 5.41) is 9.68. The van der Waals surface area contributed by atoms with Crippen molar-refractivity contribution in [2.75, 3.05) is 6.54 Å². The highest BCUT2D eigenvalue weighted by molar-refractivity contribution is 9.11. The second-order valence-corrected chi connectivity index (χ2v) is 1.79. The third-order valence-electron chi connectivity index (χ3n) is 0.574. The maximum Gasteiger partial charge on any atom is 0.222 e. The Labute approximate surface area is 61.3 Å². The number of allylic oxidation sites excluding steroid dienone is 2. The molecule has 0 atom stereocenters. The van der Waals surface area contributed by atoms with Crippen LogP contribution in [0.15, 0.2) is 23.2 Å². The van der Waals surface area contributed by atoms with Crippen LogP contribution < -0.4 is 0 Å². The molecule has 0 heterocycles. The van der Waals surface area contributed by atoms with Gasteiger partial charge in [-0.15, -0.1) is 0 Å². The van der Waals surface area contributed by atoms with Crippen LogP contribution in [0.2, 0.25) is 0 Å². The lowest BCUT2D eigenvalue weighted by Gasteiger charge is -1.79. The van der Waals surface area contributed by atoms with E-state index in [1.807, 2.05) is 0 Å². The molecular weight excluding hydrogens is 186 g/mol. The fraction of sp³-hybridized carbons (Fsp3) is 0.200. The lowest BCUT2D eigenvalue weighted by Crippen LogP contribution is -1.94. The molecule has 0 aliphatic rings. The van der Waals surface area contributed by atoms with Crippen molar-refractivity contribution < 1.29 is 4.92 Å². The molecule has 0 aromatic carbocycles. The number of nitrogens with zero attached hydrogens (tertiary/aromatic N) is 1. The van der Waals surface area contributed by atoms with Gasteiger partial charge in [0.05, 0.1) is 0 Å². The molecule has 0 N–H and O–H groups in total. The van der Waals surface area contributed by atoms with Crippen molar-refractivity contribution in [3.8, 4) is 0 Å². The van der Waals surface area contributed by atoms with Crippen LogP contribution in [0.25, 0.3) is 0 Å². The van der Waals surface area contributed by atoms with Gasteiger partial charge in [-0.2, -0.15) is 0 Å². The molecule has 0 aliphatic heterocycles. The van der Waals surface area contributed by atoms with Crippen LogP contribution in [0, 0.1) is 10.1 Å². The van der Waals surface area contributed by atoms with Gasteiger partial charge >= 0.3 is 0 Å². The largest absolute Gasteiger partial charge is 0.264 e. The highest BCUT2D eigenvalue weighted by Gasteiger charge is 1.84. The van der Waals surface area contributed by atoms with E-state index in [-0.39, 0.29) is 6.54 Å². The van der Waals surface area contributed by atoms with Crippen molar-refractivity contribution in [1.29, 1.82) is 0 Å². The Morgan fingerprint density at radius 3 is 2.67 bits per heavy atom. The van der Waals surface area contributed by atoms with E-state index in [2.05, 4.69) is 15.9 Å². The smallest absolute Gasteiger partial charge is 0.222 e. The first-order chi connectivity index (χ1) is 4.27. The fourth-order valence-electron chi connectivity index (χ4n) is 0.267. The molecule has 0 saturated carbocycles. The number of hydrogen-bond acceptors (Lipinski definition) is 2. The first kappa shape index (κ1) is 8.36. The molecule has 4 heteroatoms. The highest BCUT2D eigenvalue weighted by atomic mass is 79.9. The van der Waals surface area contributed by atoms with Crippen molar-refractivity contribution in [3.05, 3.63) is 33.3 Å². The van der Waals surface area contributed by atoms with Crippen LogP contribution in [0.3, 0.4) is 0 Å². The summed E-state index contributed by atoms with van der Waals surface area (Å²) in [7, 11) is 0. The van der Waals surface area contributed by atoms with E-state index in [1.165, 1.54) is 6.08 Å². The minimum Gasteiger partial charge on any atom is -0.264 e. The normalized spacial score (nSPS) is 11.2. The minimum atomic E-state index is -0.390. The zero-order valence-electron chi connectivity index (χ0n) is 4.66. The molecular formula is C5H6BrNO2. The molecule has 0 amide bonds. The Hall–Kier alpha value is -0.640. The van der Waals surface area contributed by atoms with Gasteiger partial charge in [-0.25, -0.2) is 0 Å². The van der Waals surface area contributed by atoms with Crippen molar-refractivity contribution in [1.82, 2.24) is 0 Å². The molecule has 0 fully saturated rings. The van der Waals surface area contributed by atoms with E-state index < -0.39 is 4.92 Å². The highest BCUT2D eigenvalue weighted by Crippen LogP contribution is 1.83. The molecule has 0 saturated heterocycles. The topological polar surface area (TPSA) is 43.1 Å². The lowest BCUT2D eigenvalue weighted by atomic mass is 10.5. The zero-order valence-corrected chi connectivity index (χ0v) is 6.24. The van der Waals surface area contributed by atoms with Gasteiger partial charge in [0, 0.05) is 4.92 Å². The molecule has 0 aromatic heterocycles. The van der Waals surface area contributed by atoms with E-state index in [0.717, 1.165) is 0 Å². The van der Waals surface area contributed by atoms with Gasteiger partial charge in [-0.05, 0) is 11.1 Å². The standard InChI is InChI=1S/C5H6BrNO2/c6-4-2-1-3-5-7(8)9/h1-4H,5H2/b3-1+,4-2+. The summed E-state index contributed by atoms with van der Waals surface area (Å²) < 4.78 is 0. The number of rotatable bonds is 3. The van der Waals surface area contributed by atoms with Crippen LogP contribution in [0.5, 0.6) is 0 Å². The summed E-state index contributed by atoms with van der Waals surface area (Å²) in [6, 6.07) is 0. The summed E-state index contributed by atoms with van der Waals surface area (Å²) in [5.74, 6) is 0. The Kier molecular flexibility index (Phi) is 5.11. The van der Waals surface area contributed by atoms with Crippen molar-refractivity contribution >= 4 is 15.9 Å². The molecule has 0 aromatic rings. The van der Waals surface area contributed by atoms with Gasteiger partial charge in [0.2, 0.25) is 6.54 Å². The molecule has 0 spiro atoms. The van der Waals surface area contributed by atoms with Gasteiger partial charge in [0.1, 0.15) is 0 Å². The number of nitro groups is 1. The van der Waals surface area contributed by atoms with Gasteiger partial charge in [0.25, 0.3) is 0 Å². The van der Waals surface area contributed by atoms with Crippen LogP contribution in [-0.4, -0.2) is 11.5 Å². The molecule has 0 rings (SSSR count). The molecule has 0 bridgehead atoms. The third kappa shape index (κ3) is 7.36.